The van der Waals surface area contributed by atoms with E-state index < -0.39 is 16.8 Å². The van der Waals surface area contributed by atoms with Gasteiger partial charge in [-0.1, -0.05) is 24.3 Å². The average Bonchev–Trinajstić information content (AvgIpc) is 2.42. The van der Waals surface area contributed by atoms with Crippen LogP contribution in [-0.4, -0.2) is 10.0 Å². The highest BCUT2D eigenvalue weighted by molar-refractivity contribution is 5.54. The maximum absolute atomic E-state index is 14.0. The molecule has 0 unspecified atom stereocenters. The van der Waals surface area contributed by atoms with E-state index in [2.05, 4.69) is 0 Å². The molecule has 0 saturated heterocycles. The zero-order valence-electron chi connectivity index (χ0n) is 11.5. The van der Waals surface area contributed by atoms with Gasteiger partial charge in [-0.15, -0.1) is 0 Å². The van der Waals surface area contributed by atoms with Crippen molar-refractivity contribution in [2.24, 2.45) is 0 Å². The number of rotatable bonds is 4. The fourth-order valence-electron chi connectivity index (χ4n) is 1.98. The van der Waals surface area contributed by atoms with Crippen molar-refractivity contribution in [2.75, 3.05) is 0 Å². The molecule has 0 radical (unpaired) electrons. The monoisotopic (exact) mass is 291 g/mol. The number of ether oxygens (including phenoxy) is 1. The number of benzene rings is 2. The Morgan fingerprint density at radius 2 is 1.90 bits per heavy atom. The second-order valence-electron chi connectivity index (χ2n) is 4.62. The topological polar surface area (TPSA) is 72.6 Å². The fraction of sp³-hybridized carbons (Fsp3) is 0.200. The molecule has 21 heavy (non-hydrogen) atoms. The molecule has 2 aromatic carbocycles. The first-order valence-corrected chi connectivity index (χ1v) is 6.30. The second kappa shape index (κ2) is 5.88. The molecule has 5 nitrogen and oxygen atoms in total. The summed E-state index contributed by atoms with van der Waals surface area (Å²) in [5, 5.41) is 20.7. The van der Waals surface area contributed by atoms with Gasteiger partial charge in [0.2, 0.25) is 5.75 Å². The van der Waals surface area contributed by atoms with Gasteiger partial charge in [-0.2, -0.15) is 0 Å². The Hall–Kier alpha value is -2.47. The van der Waals surface area contributed by atoms with Gasteiger partial charge >= 0.3 is 5.69 Å². The van der Waals surface area contributed by atoms with E-state index in [9.17, 15) is 19.6 Å². The van der Waals surface area contributed by atoms with E-state index in [1.165, 1.54) is 37.3 Å². The van der Waals surface area contributed by atoms with E-state index in [0.29, 0.717) is 5.56 Å². The smallest absolute Gasteiger partial charge is 0.311 e. The van der Waals surface area contributed by atoms with E-state index >= 15 is 0 Å². The highest BCUT2D eigenvalue weighted by atomic mass is 19.1. The van der Waals surface area contributed by atoms with Crippen molar-refractivity contribution < 1.29 is 19.2 Å². The van der Waals surface area contributed by atoms with Gasteiger partial charge in [0.15, 0.2) is 11.6 Å². The normalized spacial score (nSPS) is 12.0. The van der Waals surface area contributed by atoms with Crippen LogP contribution >= 0.6 is 0 Å². The first-order chi connectivity index (χ1) is 9.91. The summed E-state index contributed by atoms with van der Waals surface area (Å²) >= 11 is 0. The summed E-state index contributed by atoms with van der Waals surface area (Å²) in [5.41, 5.74) is 0.478. The lowest BCUT2D eigenvalue weighted by molar-refractivity contribution is -0.385. The van der Waals surface area contributed by atoms with Crippen LogP contribution in [0.1, 0.15) is 24.2 Å². The molecule has 1 N–H and O–H groups in total. The van der Waals surface area contributed by atoms with E-state index in [1.54, 1.807) is 13.0 Å². The van der Waals surface area contributed by atoms with Crippen LogP contribution in [-0.2, 0) is 0 Å². The Morgan fingerprint density at radius 3 is 2.52 bits per heavy atom. The molecule has 0 heterocycles. The van der Waals surface area contributed by atoms with Gasteiger partial charge in [0, 0.05) is 11.6 Å². The van der Waals surface area contributed by atoms with Gasteiger partial charge in [0.1, 0.15) is 0 Å². The van der Waals surface area contributed by atoms with Gasteiger partial charge in [-0.3, -0.25) is 10.1 Å². The van der Waals surface area contributed by atoms with Crippen molar-refractivity contribution in [1.82, 2.24) is 0 Å². The van der Waals surface area contributed by atoms with Crippen molar-refractivity contribution in [1.29, 1.82) is 0 Å². The zero-order chi connectivity index (χ0) is 15.6. The minimum absolute atomic E-state index is 0.0329. The maximum Gasteiger partial charge on any atom is 0.311 e. The van der Waals surface area contributed by atoms with Crippen LogP contribution in [0.15, 0.2) is 36.4 Å². The Morgan fingerprint density at radius 1 is 1.24 bits per heavy atom. The molecule has 0 saturated carbocycles. The van der Waals surface area contributed by atoms with Crippen LogP contribution in [0.5, 0.6) is 11.5 Å². The van der Waals surface area contributed by atoms with E-state index in [1.807, 2.05) is 0 Å². The summed E-state index contributed by atoms with van der Waals surface area (Å²) in [5.74, 6) is -0.926. The first-order valence-electron chi connectivity index (χ1n) is 6.30. The Kier molecular flexibility index (Phi) is 4.18. The SMILES string of the molecule is Cc1cccc([N+](=O)[O-])c1Oc1c(F)cccc1[C@@H](C)O. The second-order valence-corrected chi connectivity index (χ2v) is 4.62. The lowest BCUT2D eigenvalue weighted by Gasteiger charge is -2.15. The van der Waals surface area contributed by atoms with Crippen molar-refractivity contribution in [3.8, 4) is 11.5 Å². The van der Waals surface area contributed by atoms with Crippen LogP contribution in [0.3, 0.4) is 0 Å². The lowest BCUT2D eigenvalue weighted by Crippen LogP contribution is -2.01. The molecule has 0 aromatic heterocycles. The van der Waals surface area contributed by atoms with E-state index in [0.717, 1.165) is 0 Å². The Labute approximate surface area is 120 Å². The van der Waals surface area contributed by atoms with E-state index in [4.69, 9.17) is 4.74 Å². The number of nitro groups is 1. The summed E-state index contributed by atoms with van der Waals surface area (Å²) in [6.45, 7) is 3.10. The van der Waals surface area contributed by atoms with Crippen molar-refractivity contribution >= 4 is 5.69 Å². The number of aryl methyl sites for hydroxylation is 1. The number of nitro benzene ring substituents is 1. The molecule has 0 aliphatic rings. The Bertz CT molecular complexity index is 685. The summed E-state index contributed by atoms with van der Waals surface area (Å²) < 4.78 is 19.4. The Balaban J connectivity index is 2.56. The quantitative estimate of drug-likeness (QED) is 0.685. The molecule has 0 fully saturated rings. The third-order valence-electron chi connectivity index (χ3n) is 3.04. The molecule has 0 bridgehead atoms. The summed E-state index contributed by atoms with van der Waals surface area (Å²) in [6, 6.07) is 8.56. The maximum atomic E-state index is 14.0. The first kappa shape index (κ1) is 14.9. The summed E-state index contributed by atoms with van der Waals surface area (Å²) in [4.78, 5) is 10.5. The lowest BCUT2D eigenvalue weighted by atomic mass is 10.1. The van der Waals surface area contributed by atoms with Gasteiger partial charge in [0.05, 0.1) is 11.0 Å². The molecular weight excluding hydrogens is 277 g/mol. The van der Waals surface area contributed by atoms with Crippen molar-refractivity contribution in [3.05, 3.63) is 63.5 Å². The van der Waals surface area contributed by atoms with Gasteiger partial charge in [-0.05, 0) is 25.5 Å². The summed E-state index contributed by atoms with van der Waals surface area (Å²) in [7, 11) is 0. The van der Waals surface area contributed by atoms with Crippen LogP contribution in [0.25, 0.3) is 0 Å². The van der Waals surface area contributed by atoms with Crippen LogP contribution < -0.4 is 4.74 Å². The number of hydrogen-bond donors (Lipinski definition) is 1. The number of aliphatic hydroxyl groups is 1. The van der Waals surface area contributed by atoms with Gasteiger partial charge < -0.3 is 9.84 Å². The number of aliphatic hydroxyl groups excluding tert-OH is 1. The molecule has 2 rings (SSSR count). The highest BCUT2D eigenvalue weighted by Gasteiger charge is 2.22. The van der Waals surface area contributed by atoms with Crippen LogP contribution in [0.4, 0.5) is 10.1 Å². The third kappa shape index (κ3) is 3.00. The molecular formula is C15H14FNO4. The van der Waals surface area contributed by atoms with Gasteiger partial charge in [-0.25, -0.2) is 4.39 Å². The molecule has 6 heteroatoms. The minimum Gasteiger partial charge on any atom is -0.446 e. The number of nitrogens with zero attached hydrogens (tertiary/aromatic N) is 1. The molecule has 110 valence electrons. The molecule has 2 aromatic rings. The number of para-hydroxylation sites is 2. The van der Waals surface area contributed by atoms with Crippen molar-refractivity contribution in [3.63, 3.8) is 0 Å². The molecule has 1 atom stereocenters. The molecule has 0 amide bonds. The zero-order valence-corrected chi connectivity index (χ0v) is 11.5. The predicted octanol–water partition coefficient (Wildman–Crippen LogP) is 3.89. The molecule has 0 aliphatic heterocycles. The summed E-state index contributed by atoms with van der Waals surface area (Å²) in [6.07, 6.45) is -0.959. The molecule has 0 spiro atoms. The number of halogens is 1. The highest BCUT2D eigenvalue weighted by Crippen LogP contribution is 2.38. The van der Waals surface area contributed by atoms with E-state index in [-0.39, 0.29) is 22.7 Å². The van der Waals surface area contributed by atoms with Gasteiger partial charge in [0.25, 0.3) is 0 Å². The minimum atomic E-state index is -0.959. The van der Waals surface area contributed by atoms with Crippen molar-refractivity contribution in [2.45, 2.75) is 20.0 Å². The predicted molar refractivity (Wildman–Crippen MR) is 74.9 cm³/mol. The average molecular weight is 291 g/mol. The standard InChI is InChI=1S/C15H14FNO4/c1-9-5-3-8-13(17(19)20)14(9)21-15-11(10(2)18)6-4-7-12(15)16/h3-8,10,18H,1-2H3/t10-/m1/s1. The largest absolute Gasteiger partial charge is 0.446 e. The van der Waals surface area contributed by atoms with Crippen LogP contribution in [0, 0.1) is 22.9 Å². The third-order valence-corrected chi connectivity index (χ3v) is 3.04. The molecule has 0 aliphatic carbocycles. The number of hydrogen-bond acceptors (Lipinski definition) is 4. The van der Waals surface area contributed by atoms with Crippen LogP contribution in [0.2, 0.25) is 0 Å². The fourth-order valence-corrected chi connectivity index (χ4v) is 1.98.